The topological polar surface area (TPSA) is 138 Å². The minimum atomic E-state index is -1.21. The minimum Gasteiger partial charge on any atom is -0.356 e. The fraction of sp³-hybridized carbons (Fsp3) is 0.321. The molecule has 198 valence electrons. The maximum Gasteiger partial charge on any atom is 0.289 e. The van der Waals surface area contributed by atoms with Crippen LogP contribution in [0.2, 0.25) is 0 Å². The van der Waals surface area contributed by atoms with E-state index in [0.717, 1.165) is 22.9 Å². The molecule has 1 aliphatic rings. The van der Waals surface area contributed by atoms with Crippen molar-refractivity contribution < 1.29 is 24.0 Å². The smallest absolute Gasteiger partial charge is 0.289 e. The molecule has 0 saturated carbocycles. The molecule has 1 aliphatic heterocycles. The number of carbonyl (C=O) groups excluding carboxylic acids is 5. The molecule has 10 nitrogen and oxygen atoms in total. The van der Waals surface area contributed by atoms with Crippen LogP contribution in [0.1, 0.15) is 35.3 Å². The Kier molecular flexibility index (Phi) is 8.52. The molecule has 4 N–H and O–H groups in total. The normalized spacial score (nSPS) is 15.8. The average molecular weight is 518 g/mol. The van der Waals surface area contributed by atoms with Crippen molar-refractivity contribution in [2.24, 2.45) is 13.0 Å². The molecule has 4 rings (SSSR count). The van der Waals surface area contributed by atoms with E-state index in [1.807, 2.05) is 54.6 Å². The lowest BCUT2D eigenvalue weighted by atomic mass is 9.90. The lowest BCUT2D eigenvalue weighted by Gasteiger charge is -2.26. The lowest BCUT2D eigenvalue weighted by molar-refractivity contribution is -0.141. The molecule has 2 aromatic carbocycles. The van der Waals surface area contributed by atoms with Crippen LogP contribution in [0.15, 0.2) is 60.7 Å². The summed E-state index contributed by atoms with van der Waals surface area (Å²) in [7, 11) is 1.76. The summed E-state index contributed by atoms with van der Waals surface area (Å²) in [5, 5.41) is 11.4. The molecular weight excluding hydrogens is 486 g/mol. The van der Waals surface area contributed by atoms with E-state index in [2.05, 4.69) is 21.3 Å². The van der Waals surface area contributed by atoms with Crippen LogP contribution in [0.4, 0.5) is 0 Å². The van der Waals surface area contributed by atoms with Crippen LogP contribution in [-0.4, -0.2) is 53.1 Å². The summed E-state index contributed by atoms with van der Waals surface area (Å²) in [6.45, 7) is 0.307. The number of aromatic nitrogens is 1. The second kappa shape index (κ2) is 12.2. The van der Waals surface area contributed by atoms with Gasteiger partial charge in [-0.1, -0.05) is 48.5 Å². The van der Waals surface area contributed by atoms with Gasteiger partial charge in [0, 0.05) is 37.0 Å². The first-order valence-electron chi connectivity index (χ1n) is 12.6. The molecule has 1 unspecified atom stereocenters. The van der Waals surface area contributed by atoms with Gasteiger partial charge < -0.3 is 25.8 Å². The number of nitrogens with zero attached hydrogens (tertiary/aromatic N) is 1. The van der Waals surface area contributed by atoms with Crippen molar-refractivity contribution in [3.8, 4) is 0 Å². The number of ketones is 1. The van der Waals surface area contributed by atoms with Gasteiger partial charge in [0.25, 0.3) is 11.8 Å². The molecule has 3 aromatic rings. The van der Waals surface area contributed by atoms with Gasteiger partial charge in [0.1, 0.15) is 5.69 Å². The van der Waals surface area contributed by atoms with Gasteiger partial charge in [-0.25, -0.2) is 0 Å². The van der Waals surface area contributed by atoms with Crippen LogP contribution in [-0.2, 0) is 32.8 Å². The molecule has 2 atom stereocenters. The maximum absolute atomic E-state index is 13.0. The Morgan fingerprint density at radius 2 is 1.76 bits per heavy atom. The standard InChI is InChI=1S/C28H31N5O5/c1-33-22-12-6-5-10-19(22)15-23(33)27(37)31-17-24(34)32-21(14-20-11-7-13-29-26(20)36)25(35)28(38)30-16-18-8-3-2-4-9-18/h2-6,8-10,12,15,20-21H,7,11,13-14,16-17H2,1H3,(H,29,36)(H,30,38)(H,31,37)(H,32,34)/t20-,21?/m0/s1. The number of amides is 4. The molecule has 0 radical (unpaired) electrons. The summed E-state index contributed by atoms with van der Waals surface area (Å²) < 4.78 is 1.73. The Balaban J connectivity index is 1.39. The van der Waals surface area contributed by atoms with Gasteiger partial charge in [-0.2, -0.15) is 0 Å². The fourth-order valence-corrected chi connectivity index (χ4v) is 4.60. The van der Waals surface area contributed by atoms with Gasteiger partial charge in [-0.15, -0.1) is 0 Å². The molecule has 1 saturated heterocycles. The Morgan fingerprint density at radius 3 is 2.50 bits per heavy atom. The van der Waals surface area contributed by atoms with Gasteiger partial charge in [-0.3, -0.25) is 24.0 Å². The quantitative estimate of drug-likeness (QED) is 0.299. The van der Waals surface area contributed by atoms with Gasteiger partial charge in [0.05, 0.1) is 12.6 Å². The predicted octanol–water partition coefficient (Wildman–Crippen LogP) is 1.19. The second-order valence-electron chi connectivity index (χ2n) is 9.35. The highest BCUT2D eigenvalue weighted by atomic mass is 16.2. The Labute approximate surface area is 220 Å². The number of hydrogen-bond acceptors (Lipinski definition) is 5. The maximum atomic E-state index is 13.0. The summed E-state index contributed by atoms with van der Waals surface area (Å²) in [5.41, 5.74) is 2.07. The van der Waals surface area contributed by atoms with Gasteiger partial charge in [0.2, 0.25) is 17.6 Å². The number of fused-ring (bicyclic) bond motifs is 1. The number of hydrogen-bond donors (Lipinski definition) is 4. The molecule has 0 spiro atoms. The molecule has 1 aromatic heterocycles. The molecule has 10 heteroatoms. The van der Waals surface area contributed by atoms with E-state index in [1.165, 1.54) is 0 Å². The minimum absolute atomic E-state index is 0.00763. The molecular formula is C28H31N5O5. The summed E-state index contributed by atoms with van der Waals surface area (Å²) in [4.78, 5) is 63.5. The summed E-state index contributed by atoms with van der Waals surface area (Å²) >= 11 is 0. The van der Waals surface area contributed by atoms with Crippen molar-refractivity contribution >= 4 is 40.3 Å². The van der Waals surface area contributed by atoms with Crippen LogP contribution in [0.25, 0.3) is 10.9 Å². The highest BCUT2D eigenvalue weighted by molar-refractivity contribution is 6.38. The zero-order valence-corrected chi connectivity index (χ0v) is 21.2. The first-order chi connectivity index (χ1) is 18.3. The number of Topliss-reactive ketones (excluding diaryl/α,β-unsaturated/α-hetero) is 1. The van der Waals surface area contributed by atoms with Crippen LogP contribution in [0.5, 0.6) is 0 Å². The van der Waals surface area contributed by atoms with Crippen LogP contribution < -0.4 is 21.3 Å². The van der Waals surface area contributed by atoms with E-state index in [9.17, 15) is 24.0 Å². The third-order valence-corrected chi connectivity index (χ3v) is 6.68. The first kappa shape index (κ1) is 26.6. The van der Waals surface area contributed by atoms with Gasteiger partial charge in [0.15, 0.2) is 0 Å². The van der Waals surface area contributed by atoms with Crippen LogP contribution in [0, 0.1) is 5.92 Å². The average Bonchev–Trinajstić information content (AvgIpc) is 3.27. The number of carbonyl (C=O) groups is 5. The van der Waals surface area contributed by atoms with Gasteiger partial charge in [-0.05, 0) is 37.0 Å². The molecule has 2 heterocycles. The van der Waals surface area contributed by atoms with Crippen molar-refractivity contribution in [3.05, 3.63) is 71.9 Å². The van der Waals surface area contributed by atoms with Crippen molar-refractivity contribution in [2.75, 3.05) is 13.1 Å². The Hall–Kier alpha value is -4.47. The molecule has 4 amide bonds. The molecule has 1 fully saturated rings. The van der Waals surface area contributed by atoms with Crippen LogP contribution in [0.3, 0.4) is 0 Å². The third kappa shape index (κ3) is 6.44. The second-order valence-corrected chi connectivity index (χ2v) is 9.35. The number of nitrogens with one attached hydrogen (secondary N) is 4. The number of piperidine rings is 1. The molecule has 0 bridgehead atoms. The van der Waals surface area contributed by atoms with Crippen molar-refractivity contribution in [2.45, 2.75) is 31.8 Å². The van der Waals surface area contributed by atoms with E-state index < -0.39 is 42.0 Å². The largest absolute Gasteiger partial charge is 0.356 e. The van der Waals surface area contributed by atoms with Crippen molar-refractivity contribution in [1.29, 1.82) is 0 Å². The van der Waals surface area contributed by atoms with Crippen molar-refractivity contribution in [3.63, 3.8) is 0 Å². The molecule has 0 aliphatic carbocycles. The summed E-state index contributed by atoms with van der Waals surface area (Å²) in [5.74, 6) is -3.50. The number of para-hydroxylation sites is 1. The predicted molar refractivity (Wildman–Crippen MR) is 141 cm³/mol. The summed E-state index contributed by atoms with van der Waals surface area (Å²) in [6.07, 6.45) is 1.29. The van der Waals surface area contributed by atoms with E-state index in [-0.39, 0.29) is 18.9 Å². The zero-order valence-electron chi connectivity index (χ0n) is 21.2. The third-order valence-electron chi connectivity index (χ3n) is 6.68. The SMILES string of the molecule is Cn1c(C(=O)NCC(=O)NC(C[C@@H]2CCCNC2=O)C(=O)C(=O)NCc2ccccc2)cc2ccccc21. The van der Waals surface area contributed by atoms with E-state index >= 15 is 0 Å². The van der Waals surface area contributed by atoms with Crippen molar-refractivity contribution in [1.82, 2.24) is 25.8 Å². The molecule has 38 heavy (non-hydrogen) atoms. The fourth-order valence-electron chi connectivity index (χ4n) is 4.60. The van der Waals surface area contributed by atoms with E-state index in [0.29, 0.717) is 18.7 Å². The van der Waals surface area contributed by atoms with E-state index in [1.54, 1.807) is 17.7 Å². The Bertz CT molecular complexity index is 1350. The number of benzene rings is 2. The lowest BCUT2D eigenvalue weighted by Crippen LogP contribution is -2.52. The monoisotopic (exact) mass is 517 g/mol. The van der Waals surface area contributed by atoms with Crippen LogP contribution >= 0.6 is 0 Å². The van der Waals surface area contributed by atoms with Gasteiger partial charge >= 0.3 is 0 Å². The van der Waals surface area contributed by atoms with E-state index in [4.69, 9.17) is 0 Å². The number of rotatable bonds is 10. The first-order valence-corrected chi connectivity index (χ1v) is 12.6. The Morgan fingerprint density at radius 1 is 1.03 bits per heavy atom. The highest BCUT2D eigenvalue weighted by Crippen LogP contribution is 2.19. The highest BCUT2D eigenvalue weighted by Gasteiger charge is 2.33. The number of aryl methyl sites for hydroxylation is 1. The summed E-state index contributed by atoms with van der Waals surface area (Å²) in [6, 6.07) is 17.2. The zero-order chi connectivity index (χ0) is 27.1.